The van der Waals surface area contributed by atoms with Crippen molar-refractivity contribution in [3.63, 3.8) is 0 Å². The standard InChI is InChI=1S/C9H13ClN2/c10-6-7-2-1-3-8(7)9-11-4-5-12-9/h4-5,7-8H,1-3,6H2,(H,11,12). The van der Waals surface area contributed by atoms with E-state index in [1.54, 1.807) is 0 Å². The first-order valence-corrected chi connectivity index (χ1v) is 5.00. The van der Waals surface area contributed by atoms with Gasteiger partial charge in [-0.15, -0.1) is 11.6 Å². The van der Waals surface area contributed by atoms with E-state index in [1.807, 2.05) is 12.4 Å². The van der Waals surface area contributed by atoms with Crippen molar-refractivity contribution in [3.05, 3.63) is 18.2 Å². The van der Waals surface area contributed by atoms with Crippen LogP contribution in [0.25, 0.3) is 0 Å². The summed E-state index contributed by atoms with van der Waals surface area (Å²) in [6.07, 6.45) is 7.50. The SMILES string of the molecule is ClCC1CCCC1c1ncc[nH]1. The van der Waals surface area contributed by atoms with E-state index in [4.69, 9.17) is 11.6 Å². The van der Waals surface area contributed by atoms with Gasteiger partial charge in [0.15, 0.2) is 0 Å². The van der Waals surface area contributed by atoms with Gasteiger partial charge in [-0.1, -0.05) is 6.42 Å². The van der Waals surface area contributed by atoms with Crippen molar-refractivity contribution in [1.29, 1.82) is 0 Å². The molecule has 3 heteroatoms. The molecule has 0 radical (unpaired) electrons. The van der Waals surface area contributed by atoms with Gasteiger partial charge in [-0.25, -0.2) is 4.98 Å². The van der Waals surface area contributed by atoms with E-state index in [1.165, 1.54) is 19.3 Å². The van der Waals surface area contributed by atoms with E-state index >= 15 is 0 Å². The first-order valence-electron chi connectivity index (χ1n) is 4.47. The molecule has 0 aliphatic heterocycles. The van der Waals surface area contributed by atoms with Crippen molar-refractivity contribution in [3.8, 4) is 0 Å². The Balaban J connectivity index is 2.13. The summed E-state index contributed by atoms with van der Waals surface area (Å²) in [7, 11) is 0. The summed E-state index contributed by atoms with van der Waals surface area (Å²) in [5, 5.41) is 0. The Hall–Kier alpha value is -0.500. The highest BCUT2D eigenvalue weighted by molar-refractivity contribution is 6.18. The molecule has 12 heavy (non-hydrogen) atoms. The second-order valence-electron chi connectivity index (χ2n) is 3.43. The van der Waals surface area contributed by atoms with Gasteiger partial charge >= 0.3 is 0 Å². The lowest BCUT2D eigenvalue weighted by atomic mass is 9.97. The van der Waals surface area contributed by atoms with Crippen LogP contribution in [0.4, 0.5) is 0 Å². The minimum Gasteiger partial charge on any atom is -0.348 e. The molecule has 0 saturated heterocycles. The molecule has 0 spiro atoms. The molecule has 1 aromatic rings. The van der Waals surface area contributed by atoms with Crippen LogP contribution in [0.15, 0.2) is 12.4 Å². The molecule has 1 N–H and O–H groups in total. The van der Waals surface area contributed by atoms with Gasteiger partial charge in [-0.3, -0.25) is 0 Å². The summed E-state index contributed by atoms with van der Waals surface area (Å²) >= 11 is 5.88. The highest BCUT2D eigenvalue weighted by Gasteiger charge is 2.29. The fourth-order valence-electron chi connectivity index (χ4n) is 2.06. The highest BCUT2D eigenvalue weighted by atomic mass is 35.5. The summed E-state index contributed by atoms with van der Waals surface area (Å²) in [6, 6.07) is 0. The Morgan fingerprint density at radius 2 is 2.50 bits per heavy atom. The maximum absolute atomic E-state index is 5.88. The number of nitrogens with zero attached hydrogens (tertiary/aromatic N) is 1. The average Bonchev–Trinajstić information content (AvgIpc) is 2.74. The van der Waals surface area contributed by atoms with E-state index in [9.17, 15) is 0 Å². The van der Waals surface area contributed by atoms with Crippen LogP contribution >= 0.6 is 11.6 Å². The third kappa shape index (κ3) is 1.36. The maximum atomic E-state index is 5.88. The van der Waals surface area contributed by atoms with Gasteiger partial charge < -0.3 is 4.98 Å². The molecule has 2 nitrogen and oxygen atoms in total. The molecule has 2 atom stereocenters. The quantitative estimate of drug-likeness (QED) is 0.704. The molecule has 0 aromatic carbocycles. The maximum Gasteiger partial charge on any atom is 0.109 e. The van der Waals surface area contributed by atoms with Crippen molar-refractivity contribution < 1.29 is 0 Å². The number of hydrogen-bond acceptors (Lipinski definition) is 1. The Labute approximate surface area is 77.3 Å². The number of halogens is 1. The molecule has 66 valence electrons. The minimum atomic E-state index is 0.581. The van der Waals surface area contributed by atoms with Crippen LogP contribution in [0, 0.1) is 5.92 Å². The zero-order valence-electron chi connectivity index (χ0n) is 6.96. The summed E-state index contributed by atoms with van der Waals surface area (Å²) in [4.78, 5) is 7.46. The summed E-state index contributed by atoms with van der Waals surface area (Å²) in [5.41, 5.74) is 0. The van der Waals surface area contributed by atoms with Gasteiger partial charge in [0, 0.05) is 24.2 Å². The molecule has 1 heterocycles. The van der Waals surface area contributed by atoms with E-state index in [0.29, 0.717) is 11.8 Å². The number of imidazole rings is 1. The number of H-pyrrole nitrogens is 1. The van der Waals surface area contributed by atoms with Crippen molar-refractivity contribution in [2.24, 2.45) is 5.92 Å². The van der Waals surface area contributed by atoms with Crippen LogP contribution in [-0.2, 0) is 0 Å². The number of hydrogen-bond donors (Lipinski definition) is 1. The molecule has 1 aromatic heterocycles. The van der Waals surface area contributed by atoms with E-state index < -0.39 is 0 Å². The zero-order valence-corrected chi connectivity index (χ0v) is 7.72. The molecule has 2 unspecified atom stereocenters. The van der Waals surface area contributed by atoms with Gasteiger partial charge in [-0.2, -0.15) is 0 Å². The van der Waals surface area contributed by atoms with Crippen LogP contribution in [0.2, 0.25) is 0 Å². The molecule has 1 fully saturated rings. The second kappa shape index (κ2) is 3.48. The van der Waals surface area contributed by atoms with E-state index in [-0.39, 0.29) is 0 Å². The average molecular weight is 185 g/mol. The Bertz CT molecular complexity index is 233. The van der Waals surface area contributed by atoms with Gasteiger partial charge in [0.25, 0.3) is 0 Å². The third-order valence-electron chi connectivity index (χ3n) is 2.73. The number of alkyl halides is 1. The summed E-state index contributed by atoms with van der Waals surface area (Å²) in [6.45, 7) is 0. The molecule has 0 amide bonds. The van der Waals surface area contributed by atoms with E-state index in [0.717, 1.165) is 11.7 Å². The number of aromatic amines is 1. The Morgan fingerprint density at radius 1 is 1.58 bits per heavy atom. The van der Waals surface area contributed by atoms with Crippen molar-refractivity contribution in [2.45, 2.75) is 25.2 Å². The zero-order chi connectivity index (χ0) is 8.39. The first kappa shape index (κ1) is 8.11. The predicted molar refractivity (Wildman–Crippen MR) is 49.4 cm³/mol. The highest BCUT2D eigenvalue weighted by Crippen LogP contribution is 2.38. The summed E-state index contributed by atoms with van der Waals surface area (Å²) < 4.78 is 0. The molecule has 1 aliphatic carbocycles. The predicted octanol–water partition coefficient (Wildman–Crippen LogP) is 2.53. The van der Waals surface area contributed by atoms with Gasteiger partial charge in [0.1, 0.15) is 5.82 Å². The molecule has 1 saturated carbocycles. The van der Waals surface area contributed by atoms with Crippen LogP contribution in [0.1, 0.15) is 31.0 Å². The largest absolute Gasteiger partial charge is 0.348 e. The van der Waals surface area contributed by atoms with Gasteiger partial charge in [0.2, 0.25) is 0 Å². The minimum absolute atomic E-state index is 0.581. The fraction of sp³-hybridized carbons (Fsp3) is 0.667. The number of nitrogens with one attached hydrogen (secondary N) is 1. The van der Waals surface area contributed by atoms with Gasteiger partial charge in [0.05, 0.1) is 0 Å². The first-order chi connectivity index (χ1) is 5.92. The molecular weight excluding hydrogens is 172 g/mol. The molecule has 1 aliphatic rings. The second-order valence-corrected chi connectivity index (χ2v) is 3.73. The van der Waals surface area contributed by atoms with Crippen LogP contribution < -0.4 is 0 Å². The van der Waals surface area contributed by atoms with E-state index in [2.05, 4.69) is 9.97 Å². The van der Waals surface area contributed by atoms with Crippen LogP contribution in [-0.4, -0.2) is 15.8 Å². The topological polar surface area (TPSA) is 28.7 Å². The number of rotatable bonds is 2. The fourth-order valence-corrected chi connectivity index (χ4v) is 2.43. The Morgan fingerprint density at radius 3 is 3.17 bits per heavy atom. The molecule has 0 bridgehead atoms. The lowest BCUT2D eigenvalue weighted by molar-refractivity contribution is 0.519. The van der Waals surface area contributed by atoms with Crippen molar-refractivity contribution >= 4 is 11.6 Å². The lowest BCUT2D eigenvalue weighted by Crippen LogP contribution is -2.08. The number of aromatic nitrogens is 2. The van der Waals surface area contributed by atoms with Crippen LogP contribution in [0.3, 0.4) is 0 Å². The lowest BCUT2D eigenvalue weighted by Gasteiger charge is -2.13. The van der Waals surface area contributed by atoms with Crippen LogP contribution in [0.5, 0.6) is 0 Å². The smallest absolute Gasteiger partial charge is 0.109 e. The molecule has 2 rings (SSSR count). The normalized spacial score (nSPS) is 29.4. The summed E-state index contributed by atoms with van der Waals surface area (Å²) in [5.74, 6) is 3.11. The van der Waals surface area contributed by atoms with Crippen molar-refractivity contribution in [2.75, 3.05) is 5.88 Å². The van der Waals surface area contributed by atoms with Crippen molar-refractivity contribution in [1.82, 2.24) is 9.97 Å². The van der Waals surface area contributed by atoms with Gasteiger partial charge in [-0.05, 0) is 18.8 Å². The third-order valence-corrected chi connectivity index (χ3v) is 3.12. The molecular formula is C9H13ClN2. The monoisotopic (exact) mass is 184 g/mol. The Kier molecular flexibility index (Phi) is 2.35.